The molecule has 0 saturated heterocycles. The first-order chi connectivity index (χ1) is 5.20. The number of hydrogen-bond donors (Lipinski definition) is 1. The highest BCUT2D eigenvalue weighted by Gasteiger charge is 2.00. The van der Waals surface area contributed by atoms with E-state index in [4.69, 9.17) is 5.73 Å². The lowest BCUT2D eigenvalue weighted by atomic mass is 10.0. The highest BCUT2D eigenvalue weighted by atomic mass is 14.6. The first-order valence-electron chi connectivity index (χ1n) is 4.62. The van der Waals surface area contributed by atoms with Crippen molar-refractivity contribution in [3.05, 3.63) is 12.2 Å². The molecule has 0 unspecified atom stereocenters. The fourth-order valence-electron chi connectivity index (χ4n) is 1.08. The van der Waals surface area contributed by atoms with Gasteiger partial charge in [0.05, 0.1) is 0 Å². The smallest absolute Gasteiger partial charge is 0.00417 e. The standard InChI is InChI=1S/C10H21N/c1-4-6-10(11)8-7-9(3)5-2/h10H,3-8,11H2,1-2H3/t10-/m0/s1. The predicted octanol–water partition coefficient (Wildman–Crippen LogP) is 2.86. The average Bonchev–Trinajstić information content (AvgIpc) is 2.01. The third-order valence-electron chi connectivity index (χ3n) is 2.03. The molecule has 0 heterocycles. The Kier molecular flexibility index (Phi) is 6.24. The van der Waals surface area contributed by atoms with Crippen molar-refractivity contribution in [3.8, 4) is 0 Å². The minimum absolute atomic E-state index is 0.392. The number of allylic oxidation sites excluding steroid dienone is 1. The molecule has 2 N–H and O–H groups in total. The van der Waals surface area contributed by atoms with E-state index in [0.717, 1.165) is 25.7 Å². The maximum absolute atomic E-state index is 5.85. The maximum atomic E-state index is 5.85. The second-order valence-corrected chi connectivity index (χ2v) is 3.19. The van der Waals surface area contributed by atoms with E-state index in [-0.39, 0.29) is 0 Å². The molecule has 0 aliphatic rings. The van der Waals surface area contributed by atoms with Crippen molar-refractivity contribution in [3.63, 3.8) is 0 Å². The van der Waals surface area contributed by atoms with Crippen LogP contribution in [-0.2, 0) is 0 Å². The van der Waals surface area contributed by atoms with E-state index in [1.54, 1.807) is 0 Å². The summed E-state index contributed by atoms with van der Waals surface area (Å²) < 4.78 is 0. The van der Waals surface area contributed by atoms with Gasteiger partial charge in [-0.1, -0.05) is 32.4 Å². The average molecular weight is 155 g/mol. The minimum Gasteiger partial charge on any atom is -0.328 e. The molecule has 1 atom stereocenters. The molecule has 0 bridgehead atoms. The molecule has 0 amide bonds. The van der Waals surface area contributed by atoms with Gasteiger partial charge in [-0.3, -0.25) is 0 Å². The summed E-state index contributed by atoms with van der Waals surface area (Å²) in [6, 6.07) is 0.392. The lowest BCUT2D eigenvalue weighted by Gasteiger charge is -2.09. The van der Waals surface area contributed by atoms with E-state index in [1.165, 1.54) is 12.0 Å². The number of rotatable bonds is 6. The van der Waals surface area contributed by atoms with Crippen molar-refractivity contribution < 1.29 is 0 Å². The normalized spacial score (nSPS) is 13.0. The summed E-state index contributed by atoms with van der Waals surface area (Å²) in [6.45, 7) is 8.27. The monoisotopic (exact) mass is 155 g/mol. The van der Waals surface area contributed by atoms with Crippen LogP contribution < -0.4 is 5.73 Å². The van der Waals surface area contributed by atoms with Crippen LogP contribution in [0.4, 0.5) is 0 Å². The van der Waals surface area contributed by atoms with Gasteiger partial charge in [0.15, 0.2) is 0 Å². The van der Waals surface area contributed by atoms with Gasteiger partial charge in [-0.15, -0.1) is 0 Å². The molecular weight excluding hydrogens is 134 g/mol. The Morgan fingerprint density at radius 3 is 2.45 bits per heavy atom. The largest absolute Gasteiger partial charge is 0.328 e. The molecule has 11 heavy (non-hydrogen) atoms. The van der Waals surface area contributed by atoms with E-state index < -0.39 is 0 Å². The van der Waals surface area contributed by atoms with Crippen molar-refractivity contribution in [2.24, 2.45) is 5.73 Å². The SMILES string of the molecule is C=C(CC)CC[C@@H](N)CCC. The zero-order chi connectivity index (χ0) is 8.69. The summed E-state index contributed by atoms with van der Waals surface area (Å²) in [4.78, 5) is 0. The van der Waals surface area contributed by atoms with Crippen LogP contribution in [0.25, 0.3) is 0 Å². The Morgan fingerprint density at radius 1 is 1.36 bits per heavy atom. The van der Waals surface area contributed by atoms with Crippen LogP contribution in [0.3, 0.4) is 0 Å². The van der Waals surface area contributed by atoms with Crippen molar-refractivity contribution >= 4 is 0 Å². The molecule has 0 saturated carbocycles. The predicted molar refractivity (Wildman–Crippen MR) is 51.5 cm³/mol. The third kappa shape index (κ3) is 6.11. The molecule has 0 aliphatic carbocycles. The molecule has 0 rings (SSSR count). The summed E-state index contributed by atoms with van der Waals surface area (Å²) in [5.41, 5.74) is 7.18. The van der Waals surface area contributed by atoms with Gasteiger partial charge in [0.25, 0.3) is 0 Å². The summed E-state index contributed by atoms with van der Waals surface area (Å²) in [5.74, 6) is 0. The first-order valence-corrected chi connectivity index (χ1v) is 4.62. The Bertz CT molecular complexity index is 107. The molecule has 66 valence electrons. The molecule has 0 fully saturated rings. The van der Waals surface area contributed by atoms with Crippen molar-refractivity contribution in [2.75, 3.05) is 0 Å². The zero-order valence-corrected chi connectivity index (χ0v) is 7.90. The summed E-state index contributed by atoms with van der Waals surface area (Å²) >= 11 is 0. The molecule has 0 radical (unpaired) electrons. The molecule has 0 aromatic heterocycles. The molecular formula is C10H21N. The van der Waals surface area contributed by atoms with Crippen molar-refractivity contribution in [2.45, 2.75) is 52.0 Å². The van der Waals surface area contributed by atoms with Crippen LogP contribution in [0.2, 0.25) is 0 Å². The van der Waals surface area contributed by atoms with Crippen LogP contribution >= 0.6 is 0 Å². The summed E-state index contributed by atoms with van der Waals surface area (Å²) in [6.07, 6.45) is 5.66. The second kappa shape index (κ2) is 6.41. The first kappa shape index (κ1) is 10.7. The van der Waals surface area contributed by atoms with Gasteiger partial charge < -0.3 is 5.73 Å². The molecule has 1 nitrogen and oxygen atoms in total. The van der Waals surface area contributed by atoms with Crippen molar-refractivity contribution in [1.82, 2.24) is 0 Å². The highest BCUT2D eigenvalue weighted by molar-refractivity contribution is 4.92. The molecule has 0 aromatic carbocycles. The Labute approximate surface area is 70.7 Å². The third-order valence-corrected chi connectivity index (χ3v) is 2.03. The van der Waals surface area contributed by atoms with Gasteiger partial charge in [0.2, 0.25) is 0 Å². The fraction of sp³-hybridized carbons (Fsp3) is 0.800. The lowest BCUT2D eigenvalue weighted by Crippen LogP contribution is -2.19. The van der Waals surface area contributed by atoms with E-state index >= 15 is 0 Å². The quantitative estimate of drug-likeness (QED) is 0.586. The van der Waals surface area contributed by atoms with Crippen LogP contribution in [0.15, 0.2) is 12.2 Å². The summed E-state index contributed by atoms with van der Waals surface area (Å²) in [7, 11) is 0. The number of hydrogen-bond acceptors (Lipinski definition) is 1. The Balaban J connectivity index is 3.29. The molecule has 0 spiro atoms. The maximum Gasteiger partial charge on any atom is 0.00417 e. The van der Waals surface area contributed by atoms with Gasteiger partial charge in [-0.25, -0.2) is 0 Å². The van der Waals surface area contributed by atoms with Crippen molar-refractivity contribution in [1.29, 1.82) is 0 Å². The lowest BCUT2D eigenvalue weighted by molar-refractivity contribution is 0.557. The van der Waals surface area contributed by atoms with Gasteiger partial charge >= 0.3 is 0 Å². The van der Waals surface area contributed by atoms with Gasteiger partial charge in [0.1, 0.15) is 0 Å². The highest BCUT2D eigenvalue weighted by Crippen LogP contribution is 2.09. The molecule has 1 heteroatoms. The second-order valence-electron chi connectivity index (χ2n) is 3.19. The Morgan fingerprint density at radius 2 is 2.00 bits per heavy atom. The zero-order valence-electron chi connectivity index (χ0n) is 7.90. The van der Waals surface area contributed by atoms with E-state index in [2.05, 4.69) is 20.4 Å². The Hall–Kier alpha value is -0.300. The topological polar surface area (TPSA) is 26.0 Å². The van der Waals surface area contributed by atoms with E-state index in [1.807, 2.05) is 0 Å². The van der Waals surface area contributed by atoms with Crippen LogP contribution in [0.1, 0.15) is 46.0 Å². The van der Waals surface area contributed by atoms with Gasteiger partial charge in [-0.05, 0) is 25.7 Å². The molecule has 0 aliphatic heterocycles. The summed E-state index contributed by atoms with van der Waals surface area (Å²) in [5, 5.41) is 0. The van der Waals surface area contributed by atoms with Gasteiger partial charge in [0, 0.05) is 6.04 Å². The fourth-order valence-corrected chi connectivity index (χ4v) is 1.08. The minimum atomic E-state index is 0.392. The van der Waals surface area contributed by atoms with Crippen LogP contribution in [-0.4, -0.2) is 6.04 Å². The van der Waals surface area contributed by atoms with E-state index in [9.17, 15) is 0 Å². The number of nitrogens with two attached hydrogens (primary N) is 1. The van der Waals surface area contributed by atoms with Gasteiger partial charge in [-0.2, -0.15) is 0 Å². The van der Waals surface area contributed by atoms with E-state index in [0.29, 0.717) is 6.04 Å². The molecule has 0 aromatic rings. The van der Waals surface area contributed by atoms with Crippen LogP contribution in [0, 0.1) is 0 Å². The van der Waals surface area contributed by atoms with Crippen LogP contribution in [0.5, 0.6) is 0 Å².